The minimum Gasteiger partial charge on any atom is -0.330 e. The molecule has 16 heavy (non-hydrogen) atoms. The molecule has 0 aromatic carbocycles. The largest absolute Gasteiger partial charge is 0.330 e. The first-order chi connectivity index (χ1) is 7.24. The molecule has 0 aliphatic heterocycles. The first kappa shape index (κ1) is 15.9. The molecule has 1 atom stereocenters. The first-order valence-corrected chi connectivity index (χ1v) is 7.42. The van der Waals surface area contributed by atoms with E-state index in [2.05, 4.69) is 11.6 Å². The minimum atomic E-state index is -3.22. The lowest BCUT2D eigenvalue weighted by Crippen LogP contribution is -2.41. The van der Waals surface area contributed by atoms with E-state index in [-0.39, 0.29) is 0 Å². The van der Waals surface area contributed by atoms with E-state index in [0.29, 0.717) is 19.0 Å². The van der Waals surface area contributed by atoms with Gasteiger partial charge < -0.3 is 5.73 Å². The van der Waals surface area contributed by atoms with Gasteiger partial charge in [-0.05, 0) is 46.1 Å². The van der Waals surface area contributed by atoms with E-state index >= 15 is 0 Å². The molecule has 0 spiro atoms. The molecule has 0 aliphatic carbocycles. The van der Waals surface area contributed by atoms with E-state index in [1.165, 1.54) is 0 Å². The summed E-state index contributed by atoms with van der Waals surface area (Å²) in [7, 11) is -3.22. The van der Waals surface area contributed by atoms with E-state index < -0.39 is 14.8 Å². The summed E-state index contributed by atoms with van der Waals surface area (Å²) in [6, 6.07) is 0. The Morgan fingerprint density at radius 3 is 2.19 bits per heavy atom. The van der Waals surface area contributed by atoms with Gasteiger partial charge in [-0.25, -0.2) is 13.1 Å². The van der Waals surface area contributed by atoms with Crippen molar-refractivity contribution in [2.45, 2.75) is 51.7 Å². The maximum atomic E-state index is 11.8. The highest BCUT2D eigenvalue weighted by Crippen LogP contribution is 2.15. The number of hydrogen-bond donors (Lipinski definition) is 2. The molecule has 0 aromatic heterocycles. The molecule has 0 aliphatic rings. The molecule has 0 fully saturated rings. The molecule has 0 heterocycles. The van der Waals surface area contributed by atoms with Crippen LogP contribution in [-0.4, -0.2) is 26.3 Å². The third-order valence-electron chi connectivity index (χ3n) is 2.64. The third-order valence-corrected chi connectivity index (χ3v) is 4.80. The van der Waals surface area contributed by atoms with Gasteiger partial charge in [-0.3, -0.25) is 0 Å². The van der Waals surface area contributed by atoms with E-state index in [1.54, 1.807) is 20.8 Å². The lowest BCUT2D eigenvalue weighted by atomic mass is 10.0. The second kappa shape index (κ2) is 6.57. The average molecular weight is 250 g/mol. The Labute approximate surface area is 100 Å². The molecule has 98 valence electrons. The summed E-state index contributed by atoms with van der Waals surface area (Å²) in [6.07, 6.45) is 2.95. The second-order valence-corrected chi connectivity index (χ2v) is 7.72. The molecule has 5 heteroatoms. The van der Waals surface area contributed by atoms with Crippen LogP contribution in [0.3, 0.4) is 0 Å². The Morgan fingerprint density at radius 1 is 1.25 bits per heavy atom. The SMILES string of the molecule is CCCC(CCN)CNS(=O)(=O)C(C)(C)C. The molecule has 0 rings (SSSR count). The van der Waals surface area contributed by atoms with Crippen molar-refractivity contribution in [1.29, 1.82) is 0 Å². The van der Waals surface area contributed by atoms with Gasteiger partial charge in [-0.1, -0.05) is 13.3 Å². The van der Waals surface area contributed by atoms with Crippen LogP contribution in [0.4, 0.5) is 0 Å². The highest BCUT2D eigenvalue weighted by atomic mass is 32.2. The summed E-state index contributed by atoms with van der Waals surface area (Å²) >= 11 is 0. The zero-order valence-corrected chi connectivity index (χ0v) is 11.7. The maximum Gasteiger partial charge on any atom is 0.216 e. The van der Waals surface area contributed by atoms with E-state index in [0.717, 1.165) is 19.3 Å². The summed E-state index contributed by atoms with van der Waals surface area (Å²) in [5.41, 5.74) is 5.51. The predicted molar refractivity (Wildman–Crippen MR) is 68.7 cm³/mol. The molecule has 4 nitrogen and oxygen atoms in total. The van der Waals surface area contributed by atoms with Gasteiger partial charge in [-0.2, -0.15) is 0 Å². The number of rotatable bonds is 7. The summed E-state index contributed by atoms with van der Waals surface area (Å²) in [5.74, 6) is 0.354. The van der Waals surface area contributed by atoms with Crippen molar-refractivity contribution in [3.63, 3.8) is 0 Å². The maximum absolute atomic E-state index is 11.8. The fraction of sp³-hybridized carbons (Fsp3) is 1.00. The van der Waals surface area contributed by atoms with Gasteiger partial charge in [0.05, 0.1) is 4.75 Å². The Kier molecular flexibility index (Phi) is 6.51. The Balaban J connectivity index is 4.30. The van der Waals surface area contributed by atoms with E-state index in [9.17, 15) is 8.42 Å². The Morgan fingerprint density at radius 2 is 1.81 bits per heavy atom. The van der Waals surface area contributed by atoms with Gasteiger partial charge in [0.15, 0.2) is 0 Å². The van der Waals surface area contributed by atoms with Crippen molar-refractivity contribution in [2.24, 2.45) is 11.7 Å². The third kappa shape index (κ3) is 5.27. The van der Waals surface area contributed by atoms with Crippen molar-refractivity contribution >= 4 is 10.0 Å². The molecule has 1 unspecified atom stereocenters. The van der Waals surface area contributed by atoms with E-state index in [4.69, 9.17) is 5.73 Å². The lowest BCUT2D eigenvalue weighted by Gasteiger charge is -2.22. The minimum absolute atomic E-state index is 0.354. The number of nitrogens with two attached hydrogens (primary N) is 1. The molecule has 0 amide bonds. The van der Waals surface area contributed by atoms with Crippen LogP contribution < -0.4 is 10.5 Å². The Hall–Kier alpha value is -0.130. The van der Waals surface area contributed by atoms with Gasteiger partial charge in [-0.15, -0.1) is 0 Å². The smallest absolute Gasteiger partial charge is 0.216 e. The standard InChI is InChI=1S/C11H26N2O2S/c1-5-6-10(7-8-12)9-13-16(14,15)11(2,3)4/h10,13H,5-9,12H2,1-4H3. The molecule has 0 saturated heterocycles. The molecular formula is C11H26N2O2S. The lowest BCUT2D eigenvalue weighted by molar-refractivity contribution is 0.439. The fourth-order valence-corrected chi connectivity index (χ4v) is 2.32. The molecule has 3 N–H and O–H groups in total. The quantitative estimate of drug-likeness (QED) is 0.718. The van der Waals surface area contributed by atoms with Gasteiger partial charge in [0.1, 0.15) is 0 Å². The molecule has 0 radical (unpaired) electrons. The van der Waals surface area contributed by atoms with Crippen LogP contribution in [0.25, 0.3) is 0 Å². The summed E-state index contributed by atoms with van der Waals surface area (Å²) in [4.78, 5) is 0. The van der Waals surface area contributed by atoms with Gasteiger partial charge in [0.25, 0.3) is 0 Å². The zero-order valence-electron chi connectivity index (χ0n) is 10.9. The topological polar surface area (TPSA) is 72.2 Å². The number of sulfonamides is 1. The van der Waals surface area contributed by atoms with Crippen molar-refractivity contribution in [2.75, 3.05) is 13.1 Å². The van der Waals surface area contributed by atoms with Gasteiger partial charge in [0, 0.05) is 6.54 Å². The second-order valence-electron chi connectivity index (χ2n) is 5.20. The summed E-state index contributed by atoms with van der Waals surface area (Å²) in [6.45, 7) is 8.32. The van der Waals surface area contributed by atoms with Crippen LogP contribution in [0.15, 0.2) is 0 Å². The average Bonchev–Trinajstić information content (AvgIpc) is 2.13. The van der Waals surface area contributed by atoms with Gasteiger partial charge in [0.2, 0.25) is 10.0 Å². The fourth-order valence-electron chi connectivity index (χ4n) is 1.44. The van der Waals surface area contributed by atoms with Crippen molar-refractivity contribution in [1.82, 2.24) is 4.72 Å². The molecule has 0 saturated carbocycles. The normalized spacial score (nSPS) is 15.1. The van der Waals surface area contributed by atoms with Crippen molar-refractivity contribution in [3.8, 4) is 0 Å². The first-order valence-electron chi connectivity index (χ1n) is 5.94. The predicted octanol–water partition coefficient (Wildman–Crippen LogP) is 1.47. The van der Waals surface area contributed by atoms with Crippen LogP contribution >= 0.6 is 0 Å². The van der Waals surface area contributed by atoms with E-state index in [1.807, 2.05) is 0 Å². The molecule has 0 bridgehead atoms. The van der Waals surface area contributed by atoms with Crippen LogP contribution in [0.5, 0.6) is 0 Å². The molecule has 0 aromatic rings. The van der Waals surface area contributed by atoms with Crippen LogP contribution in [-0.2, 0) is 10.0 Å². The van der Waals surface area contributed by atoms with Crippen LogP contribution in [0.1, 0.15) is 47.0 Å². The highest BCUT2D eigenvalue weighted by Gasteiger charge is 2.28. The summed E-state index contributed by atoms with van der Waals surface area (Å²) in [5, 5.41) is 0. The van der Waals surface area contributed by atoms with Gasteiger partial charge >= 0.3 is 0 Å². The highest BCUT2D eigenvalue weighted by molar-refractivity contribution is 7.90. The number of nitrogens with one attached hydrogen (secondary N) is 1. The zero-order chi connectivity index (χ0) is 12.8. The monoisotopic (exact) mass is 250 g/mol. The molecular weight excluding hydrogens is 224 g/mol. The van der Waals surface area contributed by atoms with Crippen LogP contribution in [0.2, 0.25) is 0 Å². The van der Waals surface area contributed by atoms with Crippen molar-refractivity contribution < 1.29 is 8.42 Å². The Bertz CT molecular complexity index is 275. The van der Waals surface area contributed by atoms with Crippen LogP contribution in [0, 0.1) is 5.92 Å². The summed E-state index contributed by atoms with van der Waals surface area (Å²) < 4.78 is 25.6. The van der Waals surface area contributed by atoms with Crippen molar-refractivity contribution in [3.05, 3.63) is 0 Å². The number of hydrogen-bond acceptors (Lipinski definition) is 3.